The van der Waals surface area contributed by atoms with Crippen LogP contribution in [0.4, 0.5) is 0 Å². The molecule has 0 radical (unpaired) electrons. The van der Waals surface area contributed by atoms with Crippen LogP contribution in [0.15, 0.2) is 36.1 Å². The number of aromatic nitrogens is 2. The number of imidazole rings is 1. The molecule has 1 aromatic rings. The van der Waals surface area contributed by atoms with Crippen molar-refractivity contribution in [1.82, 2.24) is 13.3 Å². The summed E-state index contributed by atoms with van der Waals surface area (Å²) in [5.74, 6) is -0.493. The highest BCUT2D eigenvalue weighted by Gasteiger charge is 2.21. The molecule has 0 aliphatic carbocycles. The van der Waals surface area contributed by atoms with Gasteiger partial charge < -0.3 is 0 Å². The fourth-order valence-electron chi connectivity index (χ4n) is 1.63. The molecule has 2 rings (SSSR count). The second-order valence-electron chi connectivity index (χ2n) is 4.08. The van der Waals surface area contributed by atoms with Crippen molar-refractivity contribution in [3.63, 3.8) is 0 Å². The number of sulfonamides is 1. The number of nitrogens with zero attached hydrogens (tertiary/aromatic N) is 4. The minimum absolute atomic E-state index is 0.0182. The maximum atomic E-state index is 12.0. The summed E-state index contributed by atoms with van der Waals surface area (Å²) >= 11 is 0. The highest BCUT2D eigenvalue weighted by atomic mass is 32.2. The molecular formula is C10H14N4O4S2. The van der Waals surface area contributed by atoms with E-state index in [1.54, 1.807) is 0 Å². The van der Waals surface area contributed by atoms with Crippen LogP contribution < -0.4 is 0 Å². The molecular weight excluding hydrogens is 304 g/mol. The van der Waals surface area contributed by atoms with E-state index in [2.05, 4.69) is 9.98 Å². The third kappa shape index (κ3) is 3.45. The molecule has 8 nitrogen and oxygen atoms in total. The smallest absolute Gasteiger partial charge is 0.239 e. The summed E-state index contributed by atoms with van der Waals surface area (Å²) < 4.78 is 49.7. The fraction of sp³-hybridized carbons (Fsp3) is 0.400. The van der Waals surface area contributed by atoms with Crippen LogP contribution in [-0.2, 0) is 20.0 Å². The Bertz CT molecular complexity index is 704. The maximum Gasteiger partial charge on any atom is 0.239 e. The topological polar surface area (TPSA) is 102 Å². The SMILES string of the molecule is O=S(=O)(CCCS(=O)(=O)n1ccnc1)N1C=CN=CC1. The van der Waals surface area contributed by atoms with Gasteiger partial charge in [-0.3, -0.25) is 9.30 Å². The average molecular weight is 318 g/mol. The Morgan fingerprint density at radius 2 is 1.85 bits per heavy atom. The second-order valence-corrected chi connectivity index (χ2v) is 8.11. The molecule has 1 aliphatic heterocycles. The van der Waals surface area contributed by atoms with Crippen LogP contribution in [-0.4, -0.2) is 54.4 Å². The molecule has 0 atom stereocenters. The molecule has 10 heteroatoms. The number of hydrogen-bond acceptors (Lipinski definition) is 6. The summed E-state index contributed by atoms with van der Waals surface area (Å²) in [5, 5.41) is 0. The summed E-state index contributed by atoms with van der Waals surface area (Å²) in [4.78, 5) is 7.43. The molecule has 0 amide bonds. The molecule has 1 aliphatic rings. The summed E-state index contributed by atoms with van der Waals surface area (Å²) in [5.41, 5.74) is 0. The Labute approximate surface area is 117 Å². The van der Waals surface area contributed by atoms with Crippen molar-refractivity contribution in [3.8, 4) is 0 Å². The van der Waals surface area contributed by atoms with Gasteiger partial charge in [0.15, 0.2) is 0 Å². The minimum atomic E-state index is -3.54. The van der Waals surface area contributed by atoms with Gasteiger partial charge in [-0.2, -0.15) is 0 Å². The van der Waals surface area contributed by atoms with Crippen molar-refractivity contribution in [3.05, 3.63) is 31.1 Å². The first-order chi connectivity index (χ1) is 9.42. The van der Waals surface area contributed by atoms with E-state index in [1.165, 1.54) is 37.3 Å². The number of aliphatic imine (C=N–C) groups is 1. The first kappa shape index (κ1) is 14.7. The predicted molar refractivity (Wildman–Crippen MR) is 74.2 cm³/mol. The predicted octanol–water partition coefficient (Wildman–Crippen LogP) is -0.362. The van der Waals surface area contributed by atoms with E-state index in [9.17, 15) is 16.8 Å². The van der Waals surface area contributed by atoms with Crippen molar-refractivity contribution >= 4 is 26.3 Å². The van der Waals surface area contributed by atoms with Crippen LogP contribution in [0.25, 0.3) is 0 Å². The molecule has 0 fully saturated rings. The molecule has 0 saturated carbocycles. The maximum absolute atomic E-state index is 12.0. The Balaban J connectivity index is 1.93. The van der Waals surface area contributed by atoms with E-state index in [0.29, 0.717) is 0 Å². The molecule has 20 heavy (non-hydrogen) atoms. The lowest BCUT2D eigenvalue weighted by Crippen LogP contribution is -2.32. The van der Waals surface area contributed by atoms with Gasteiger partial charge in [-0.25, -0.2) is 25.8 Å². The lowest BCUT2D eigenvalue weighted by atomic mass is 10.6. The van der Waals surface area contributed by atoms with Gasteiger partial charge in [-0.05, 0) is 6.42 Å². The van der Waals surface area contributed by atoms with Crippen LogP contribution in [0.5, 0.6) is 0 Å². The van der Waals surface area contributed by atoms with Gasteiger partial charge in [0, 0.05) is 31.0 Å². The molecule has 1 aromatic heterocycles. The fourth-order valence-corrected chi connectivity index (χ4v) is 4.24. The van der Waals surface area contributed by atoms with Gasteiger partial charge in [0.2, 0.25) is 20.0 Å². The Hall–Kier alpha value is -1.68. The number of hydrogen-bond donors (Lipinski definition) is 0. The average Bonchev–Trinajstić information content (AvgIpc) is 2.94. The summed E-state index contributed by atoms with van der Waals surface area (Å²) in [7, 11) is -7.05. The van der Waals surface area contributed by atoms with Crippen LogP contribution in [0.1, 0.15) is 6.42 Å². The first-order valence-electron chi connectivity index (χ1n) is 5.81. The van der Waals surface area contributed by atoms with Crippen molar-refractivity contribution in [2.75, 3.05) is 18.1 Å². The summed E-state index contributed by atoms with van der Waals surface area (Å²) in [6, 6.07) is 0. The third-order valence-electron chi connectivity index (χ3n) is 2.65. The van der Waals surface area contributed by atoms with E-state index in [1.807, 2.05) is 0 Å². The first-order valence-corrected chi connectivity index (χ1v) is 9.03. The molecule has 2 heterocycles. The summed E-state index contributed by atoms with van der Waals surface area (Å²) in [6.45, 7) is 0.174. The monoisotopic (exact) mass is 318 g/mol. The molecule has 0 spiro atoms. The Morgan fingerprint density at radius 1 is 1.10 bits per heavy atom. The largest absolute Gasteiger partial charge is 0.270 e. The van der Waals surface area contributed by atoms with E-state index >= 15 is 0 Å². The molecule has 110 valence electrons. The van der Waals surface area contributed by atoms with Gasteiger partial charge >= 0.3 is 0 Å². The van der Waals surface area contributed by atoms with Crippen molar-refractivity contribution < 1.29 is 16.8 Å². The molecule has 0 saturated heterocycles. The molecule has 0 unspecified atom stereocenters. The zero-order chi connectivity index (χ0) is 14.6. The van der Waals surface area contributed by atoms with Crippen molar-refractivity contribution in [1.29, 1.82) is 0 Å². The number of rotatable bonds is 6. The van der Waals surface area contributed by atoms with Crippen LogP contribution in [0, 0.1) is 0 Å². The Morgan fingerprint density at radius 3 is 2.45 bits per heavy atom. The quantitative estimate of drug-likeness (QED) is 0.712. The van der Waals surface area contributed by atoms with Gasteiger partial charge in [-0.1, -0.05) is 0 Å². The zero-order valence-electron chi connectivity index (χ0n) is 10.5. The van der Waals surface area contributed by atoms with E-state index in [-0.39, 0.29) is 24.5 Å². The Kier molecular flexibility index (Phi) is 4.23. The standard InChI is InChI=1S/C10H14N4O4S2/c15-19(16,13-5-2-11-3-6-13)8-1-9-20(17,18)14-7-4-12-10-14/h2-5,7,10H,1,6,8-9H2. The van der Waals surface area contributed by atoms with Gasteiger partial charge in [0.25, 0.3) is 0 Å². The lowest BCUT2D eigenvalue weighted by Gasteiger charge is -2.19. The lowest BCUT2D eigenvalue weighted by molar-refractivity contribution is 0.525. The van der Waals surface area contributed by atoms with E-state index in [4.69, 9.17) is 0 Å². The summed E-state index contributed by atoms with van der Waals surface area (Å²) in [6.07, 6.45) is 8.07. The normalized spacial score (nSPS) is 15.7. The van der Waals surface area contributed by atoms with Gasteiger partial charge in [0.1, 0.15) is 6.33 Å². The van der Waals surface area contributed by atoms with Gasteiger partial charge in [-0.15, -0.1) is 0 Å². The molecule has 0 aromatic carbocycles. The second kappa shape index (κ2) is 5.75. The van der Waals surface area contributed by atoms with E-state index < -0.39 is 20.0 Å². The molecule has 0 bridgehead atoms. The highest BCUT2D eigenvalue weighted by Crippen LogP contribution is 2.08. The van der Waals surface area contributed by atoms with Crippen LogP contribution in [0.2, 0.25) is 0 Å². The molecule has 0 N–H and O–H groups in total. The van der Waals surface area contributed by atoms with E-state index in [0.717, 1.165) is 8.28 Å². The third-order valence-corrected chi connectivity index (χ3v) is 6.10. The van der Waals surface area contributed by atoms with Crippen LogP contribution >= 0.6 is 0 Å². The zero-order valence-corrected chi connectivity index (χ0v) is 12.2. The van der Waals surface area contributed by atoms with Crippen molar-refractivity contribution in [2.45, 2.75) is 6.42 Å². The minimum Gasteiger partial charge on any atom is -0.270 e. The van der Waals surface area contributed by atoms with Crippen molar-refractivity contribution in [2.24, 2.45) is 4.99 Å². The van der Waals surface area contributed by atoms with Crippen LogP contribution in [0.3, 0.4) is 0 Å². The van der Waals surface area contributed by atoms with Gasteiger partial charge in [0.05, 0.1) is 18.1 Å². The highest BCUT2D eigenvalue weighted by molar-refractivity contribution is 7.90.